The average Bonchev–Trinajstić information content (AvgIpc) is 3.03. The van der Waals surface area contributed by atoms with Gasteiger partial charge in [0, 0.05) is 29.2 Å². The van der Waals surface area contributed by atoms with Crippen LogP contribution in [0.15, 0.2) is 48.6 Å². The van der Waals surface area contributed by atoms with Crippen molar-refractivity contribution in [2.24, 2.45) is 0 Å². The molecule has 122 valence electrons. The Hall–Kier alpha value is -3.15. The average molecular weight is 323 g/mol. The molecule has 0 bridgehead atoms. The number of H-pyrrole nitrogens is 1. The maximum absolute atomic E-state index is 11.5. The fourth-order valence-electron chi connectivity index (χ4n) is 2.55. The van der Waals surface area contributed by atoms with Gasteiger partial charge in [-0.15, -0.1) is 0 Å². The van der Waals surface area contributed by atoms with Gasteiger partial charge in [-0.1, -0.05) is 36.9 Å². The number of hydrogen-bond donors (Lipinski definition) is 2. The van der Waals surface area contributed by atoms with E-state index in [1.165, 1.54) is 0 Å². The van der Waals surface area contributed by atoms with Gasteiger partial charge in [-0.2, -0.15) is 15.4 Å². The number of fused-ring (bicyclic) bond motifs is 1. The lowest BCUT2D eigenvalue weighted by molar-refractivity contribution is -0.138. The number of esters is 1. The zero-order valence-corrected chi connectivity index (χ0v) is 13.2. The highest BCUT2D eigenvalue weighted by Crippen LogP contribution is 2.36. The van der Waals surface area contributed by atoms with Gasteiger partial charge in [0.1, 0.15) is 16.8 Å². The Labute approximate surface area is 138 Å². The molecule has 6 heteroatoms. The topological polar surface area (TPSA) is 88.1 Å². The van der Waals surface area contributed by atoms with Crippen LogP contribution >= 0.6 is 0 Å². The van der Waals surface area contributed by atoms with E-state index in [1.54, 1.807) is 13.0 Å². The fraction of sp³-hybridized carbons (Fsp3) is 0.167. The third-order valence-electron chi connectivity index (χ3n) is 3.69. The van der Waals surface area contributed by atoms with Crippen LogP contribution in [-0.4, -0.2) is 33.1 Å². The minimum atomic E-state index is -0.446. The molecule has 0 fully saturated rings. The van der Waals surface area contributed by atoms with Crippen LogP contribution in [0.1, 0.15) is 12.5 Å². The van der Waals surface area contributed by atoms with Gasteiger partial charge >= 0.3 is 5.97 Å². The summed E-state index contributed by atoms with van der Waals surface area (Å²) in [4.78, 5) is 11.5. The molecular weight excluding hydrogens is 306 g/mol. The minimum Gasteiger partial charge on any atom is -0.508 e. The summed E-state index contributed by atoms with van der Waals surface area (Å²) < 4.78 is 5.15. The summed E-state index contributed by atoms with van der Waals surface area (Å²) in [7, 11) is 0. The Morgan fingerprint density at radius 1 is 1.29 bits per heavy atom. The first-order valence-corrected chi connectivity index (χ1v) is 7.51. The Morgan fingerprint density at radius 3 is 2.75 bits per heavy atom. The van der Waals surface area contributed by atoms with Crippen LogP contribution in [0.5, 0.6) is 5.75 Å². The first-order chi connectivity index (χ1) is 11.6. The molecule has 0 spiro atoms. The molecule has 3 aromatic rings. The van der Waals surface area contributed by atoms with Crippen LogP contribution < -0.4 is 0 Å². The van der Waals surface area contributed by atoms with Gasteiger partial charge in [-0.05, 0) is 12.5 Å². The molecule has 1 aromatic heterocycles. The number of benzene rings is 2. The van der Waals surface area contributed by atoms with Crippen molar-refractivity contribution in [1.82, 2.24) is 15.4 Å². The Kier molecular flexibility index (Phi) is 4.29. The molecule has 24 heavy (non-hydrogen) atoms. The molecule has 3 rings (SSSR count). The summed E-state index contributed by atoms with van der Waals surface area (Å²) in [5.74, 6) is -0.347. The number of ether oxygens (including phenoxy) is 1. The predicted octanol–water partition coefficient (Wildman–Crippen LogP) is 2.99. The normalized spacial score (nSPS) is 10.7. The molecule has 0 saturated heterocycles. The van der Waals surface area contributed by atoms with E-state index in [1.807, 2.05) is 30.3 Å². The molecule has 0 aliphatic carbocycles. The van der Waals surface area contributed by atoms with E-state index in [2.05, 4.69) is 22.0 Å². The number of aromatic nitrogens is 3. The smallest absolute Gasteiger partial charge is 0.333 e. The van der Waals surface area contributed by atoms with Crippen molar-refractivity contribution in [3.63, 3.8) is 0 Å². The summed E-state index contributed by atoms with van der Waals surface area (Å²) in [6.45, 7) is 5.29. The van der Waals surface area contributed by atoms with Crippen molar-refractivity contribution >= 4 is 17.0 Å². The van der Waals surface area contributed by atoms with Crippen molar-refractivity contribution in [2.45, 2.75) is 13.3 Å². The van der Waals surface area contributed by atoms with Crippen molar-refractivity contribution < 1.29 is 14.6 Å². The fourth-order valence-corrected chi connectivity index (χ4v) is 2.55. The molecule has 0 unspecified atom stereocenters. The summed E-state index contributed by atoms with van der Waals surface area (Å²) in [6.07, 6.45) is 0.359. The van der Waals surface area contributed by atoms with Crippen LogP contribution in [0.3, 0.4) is 0 Å². The molecule has 0 amide bonds. The zero-order chi connectivity index (χ0) is 17.1. The van der Waals surface area contributed by atoms with Gasteiger partial charge in [0.15, 0.2) is 0 Å². The summed E-state index contributed by atoms with van der Waals surface area (Å²) in [6, 6.07) is 11.2. The number of carbonyl (C=O) groups excluding carboxylic acids is 1. The summed E-state index contributed by atoms with van der Waals surface area (Å²) >= 11 is 0. The van der Waals surface area contributed by atoms with E-state index in [4.69, 9.17) is 4.74 Å². The number of phenols is 1. The number of carbonyl (C=O) groups is 1. The van der Waals surface area contributed by atoms with Gasteiger partial charge in [0.2, 0.25) is 0 Å². The summed E-state index contributed by atoms with van der Waals surface area (Å²) in [5, 5.41) is 21.2. The van der Waals surface area contributed by atoms with Crippen LogP contribution in [0.2, 0.25) is 0 Å². The van der Waals surface area contributed by atoms with Crippen molar-refractivity contribution in [1.29, 1.82) is 0 Å². The van der Waals surface area contributed by atoms with Gasteiger partial charge < -0.3 is 9.84 Å². The predicted molar refractivity (Wildman–Crippen MR) is 90.5 cm³/mol. The molecule has 0 radical (unpaired) electrons. The SMILES string of the molecule is C=C(C)C(=O)OCCc1c(O)cc2n[nH]nc2c1-c1ccccc1. The second-order valence-corrected chi connectivity index (χ2v) is 5.47. The number of aromatic amines is 1. The van der Waals surface area contributed by atoms with Crippen LogP contribution in [0.4, 0.5) is 0 Å². The van der Waals surface area contributed by atoms with Gasteiger partial charge in [-0.3, -0.25) is 0 Å². The molecule has 1 heterocycles. The van der Waals surface area contributed by atoms with Gasteiger partial charge in [-0.25, -0.2) is 4.79 Å². The van der Waals surface area contributed by atoms with E-state index in [9.17, 15) is 9.90 Å². The molecule has 0 aliphatic rings. The lowest BCUT2D eigenvalue weighted by Crippen LogP contribution is -2.08. The monoisotopic (exact) mass is 323 g/mol. The highest BCUT2D eigenvalue weighted by Gasteiger charge is 2.18. The molecule has 2 aromatic carbocycles. The third-order valence-corrected chi connectivity index (χ3v) is 3.69. The highest BCUT2D eigenvalue weighted by molar-refractivity contribution is 5.95. The first-order valence-electron chi connectivity index (χ1n) is 7.51. The lowest BCUT2D eigenvalue weighted by atomic mass is 9.95. The van der Waals surface area contributed by atoms with Crippen LogP contribution in [0, 0.1) is 0 Å². The Bertz CT molecular complexity index is 901. The number of phenolic OH excluding ortho intramolecular Hbond substituents is 1. The molecule has 0 atom stereocenters. The largest absolute Gasteiger partial charge is 0.508 e. The van der Waals surface area contributed by atoms with Crippen LogP contribution in [-0.2, 0) is 16.0 Å². The third kappa shape index (κ3) is 2.99. The second kappa shape index (κ2) is 6.54. The van der Waals surface area contributed by atoms with Crippen molar-refractivity contribution in [3.05, 3.63) is 54.1 Å². The minimum absolute atomic E-state index is 0.0987. The number of nitrogens with one attached hydrogen (secondary N) is 1. The Morgan fingerprint density at radius 2 is 2.04 bits per heavy atom. The van der Waals surface area contributed by atoms with E-state index < -0.39 is 5.97 Å². The van der Waals surface area contributed by atoms with E-state index in [0.717, 1.165) is 11.1 Å². The van der Waals surface area contributed by atoms with Gasteiger partial charge in [0.05, 0.1) is 6.61 Å². The highest BCUT2D eigenvalue weighted by atomic mass is 16.5. The first kappa shape index (κ1) is 15.7. The molecular formula is C18H17N3O3. The maximum atomic E-state index is 11.5. The molecule has 0 saturated carbocycles. The van der Waals surface area contributed by atoms with E-state index >= 15 is 0 Å². The van der Waals surface area contributed by atoms with Gasteiger partial charge in [0.25, 0.3) is 0 Å². The Balaban J connectivity index is 2.01. The number of aromatic hydroxyl groups is 1. The quantitative estimate of drug-likeness (QED) is 0.556. The maximum Gasteiger partial charge on any atom is 0.333 e. The second-order valence-electron chi connectivity index (χ2n) is 5.47. The number of nitrogens with zero attached hydrogens (tertiary/aromatic N) is 2. The number of rotatable bonds is 5. The van der Waals surface area contributed by atoms with E-state index in [-0.39, 0.29) is 12.4 Å². The molecule has 2 N–H and O–H groups in total. The molecule has 0 aliphatic heterocycles. The van der Waals surface area contributed by atoms with E-state index in [0.29, 0.717) is 28.6 Å². The van der Waals surface area contributed by atoms with Crippen molar-refractivity contribution in [3.8, 4) is 16.9 Å². The standard InChI is InChI=1S/C18H17N3O3/c1-11(2)18(23)24-9-8-13-15(22)10-14-17(20-21-19-14)16(13)12-6-4-3-5-7-12/h3-7,10,22H,1,8-9H2,2H3,(H,19,20,21). The number of hydrogen-bond acceptors (Lipinski definition) is 5. The lowest BCUT2D eigenvalue weighted by Gasteiger charge is -2.13. The summed E-state index contributed by atoms with van der Waals surface area (Å²) in [5.41, 5.74) is 3.94. The van der Waals surface area contributed by atoms with Crippen molar-refractivity contribution in [2.75, 3.05) is 6.61 Å². The zero-order valence-electron chi connectivity index (χ0n) is 13.2. The molecule has 6 nitrogen and oxygen atoms in total. The van der Waals surface area contributed by atoms with Crippen LogP contribution in [0.25, 0.3) is 22.2 Å².